The lowest BCUT2D eigenvalue weighted by Crippen LogP contribution is -2.22. The molecule has 2 heterocycles. The molecule has 1 atom stereocenters. The highest BCUT2D eigenvalue weighted by Crippen LogP contribution is 2.33. The van der Waals surface area contributed by atoms with Crippen molar-refractivity contribution in [1.82, 2.24) is 5.32 Å². The van der Waals surface area contributed by atoms with E-state index in [0.717, 1.165) is 11.1 Å². The molecule has 0 fully saturated rings. The van der Waals surface area contributed by atoms with E-state index in [-0.39, 0.29) is 22.5 Å². The molecule has 3 aromatic rings. The van der Waals surface area contributed by atoms with Gasteiger partial charge in [-0.05, 0) is 41.2 Å². The van der Waals surface area contributed by atoms with Gasteiger partial charge >= 0.3 is 0 Å². The molecule has 0 radical (unpaired) electrons. The van der Waals surface area contributed by atoms with E-state index in [1.165, 1.54) is 5.56 Å². The molecular formula is C22H20ClNO3. The molecular weight excluding hydrogens is 362 g/mol. The predicted octanol–water partition coefficient (Wildman–Crippen LogP) is 4.89. The van der Waals surface area contributed by atoms with Gasteiger partial charge in [-0.15, -0.1) is 0 Å². The number of amides is 1. The maximum Gasteiger partial charge on any atom is 0.288 e. The fraction of sp³-hybridized carbons (Fsp3) is 0.273. The van der Waals surface area contributed by atoms with Crippen molar-refractivity contribution in [3.05, 3.63) is 79.7 Å². The number of carbonyl (C=O) groups is 1. The Morgan fingerprint density at radius 3 is 2.37 bits per heavy atom. The first-order valence-corrected chi connectivity index (χ1v) is 9.23. The van der Waals surface area contributed by atoms with E-state index in [9.17, 15) is 9.59 Å². The number of nitrogens with one attached hydrogen (secondary N) is 1. The van der Waals surface area contributed by atoms with Crippen LogP contribution < -0.4 is 10.7 Å². The Hall–Kier alpha value is -2.59. The number of hydrogen-bond acceptors (Lipinski definition) is 3. The second-order valence-corrected chi connectivity index (χ2v) is 8.46. The van der Waals surface area contributed by atoms with Crippen molar-refractivity contribution in [2.24, 2.45) is 0 Å². The number of aryl methyl sites for hydroxylation is 1. The average Bonchev–Trinajstić information content (AvgIpc) is 2.93. The molecule has 0 bridgehead atoms. The minimum atomic E-state index is -0.526. The van der Waals surface area contributed by atoms with Gasteiger partial charge in [-0.1, -0.05) is 56.6 Å². The normalized spacial score (nSPS) is 16.5. The van der Waals surface area contributed by atoms with Crippen molar-refractivity contribution in [2.75, 3.05) is 0 Å². The molecule has 1 amide bonds. The summed E-state index contributed by atoms with van der Waals surface area (Å²) in [7, 11) is 0. The van der Waals surface area contributed by atoms with Crippen molar-refractivity contribution >= 4 is 28.5 Å². The van der Waals surface area contributed by atoms with E-state index >= 15 is 0 Å². The van der Waals surface area contributed by atoms with Gasteiger partial charge in [0.2, 0.25) is 5.76 Å². The molecule has 1 aromatic heterocycles. The van der Waals surface area contributed by atoms with Crippen molar-refractivity contribution < 1.29 is 9.21 Å². The van der Waals surface area contributed by atoms with E-state index in [1.807, 2.05) is 31.2 Å². The molecule has 1 unspecified atom stereocenters. The lowest BCUT2D eigenvalue weighted by atomic mass is 9.86. The van der Waals surface area contributed by atoms with E-state index in [0.29, 0.717) is 21.6 Å². The SMILES string of the molecule is Cc1cc2oc3c(c(=O)c2cc1Cl)C(c1ccc(C(C)(C)C)cc1)NC3=O. The molecule has 0 spiro atoms. The number of benzene rings is 2. The Labute approximate surface area is 162 Å². The van der Waals surface area contributed by atoms with Crippen LogP contribution in [-0.2, 0) is 5.41 Å². The smallest absolute Gasteiger partial charge is 0.288 e. The fourth-order valence-corrected chi connectivity index (χ4v) is 3.62. The van der Waals surface area contributed by atoms with Crippen LogP contribution in [0.3, 0.4) is 0 Å². The molecule has 2 aromatic carbocycles. The molecule has 4 rings (SSSR count). The Morgan fingerprint density at radius 2 is 1.74 bits per heavy atom. The number of halogens is 1. The summed E-state index contributed by atoms with van der Waals surface area (Å²) in [5.74, 6) is -0.291. The second-order valence-electron chi connectivity index (χ2n) is 8.05. The molecule has 1 N–H and O–H groups in total. The predicted molar refractivity (Wildman–Crippen MR) is 107 cm³/mol. The van der Waals surface area contributed by atoms with Crippen molar-refractivity contribution in [3.8, 4) is 0 Å². The van der Waals surface area contributed by atoms with Crippen LogP contribution in [0, 0.1) is 6.92 Å². The van der Waals surface area contributed by atoms with Crippen LogP contribution in [0.15, 0.2) is 45.6 Å². The van der Waals surface area contributed by atoms with Crippen LogP contribution in [0.4, 0.5) is 0 Å². The summed E-state index contributed by atoms with van der Waals surface area (Å²) in [4.78, 5) is 25.6. The topological polar surface area (TPSA) is 59.3 Å². The van der Waals surface area contributed by atoms with Crippen LogP contribution in [0.25, 0.3) is 11.0 Å². The Bertz CT molecular complexity index is 1140. The van der Waals surface area contributed by atoms with Crippen molar-refractivity contribution in [2.45, 2.75) is 39.2 Å². The molecule has 0 aliphatic carbocycles. The van der Waals surface area contributed by atoms with Gasteiger partial charge in [-0.3, -0.25) is 9.59 Å². The summed E-state index contributed by atoms with van der Waals surface area (Å²) < 4.78 is 5.79. The molecule has 0 saturated heterocycles. The van der Waals surface area contributed by atoms with Crippen molar-refractivity contribution in [1.29, 1.82) is 0 Å². The standard InChI is InChI=1S/C22H20ClNO3/c1-11-9-16-14(10-15(11)23)19(25)17-18(24-21(26)20(17)27-16)12-5-7-13(8-6-12)22(2,3)4/h5-10,18H,1-4H3,(H,24,26). The molecule has 1 aliphatic heterocycles. The van der Waals surface area contributed by atoms with Crippen LogP contribution in [0.5, 0.6) is 0 Å². The summed E-state index contributed by atoms with van der Waals surface area (Å²) >= 11 is 6.19. The number of carbonyl (C=O) groups excluding carboxylic acids is 1. The first kappa shape index (κ1) is 17.8. The minimum absolute atomic E-state index is 0.0270. The molecule has 5 heteroatoms. The fourth-order valence-electron chi connectivity index (χ4n) is 3.46. The van der Waals surface area contributed by atoms with Gasteiger partial charge in [0.1, 0.15) is 5.58 Å². The highest BCUT2D eigenvalue weighted by atomic mass is 35.5. The van der Waals surface area contributed by atoms with Crippen molar-refractivity contribution in [3.63, 3.8) is 0 Å². The third-order valence-corrected chi connectivity index (χ3v) is 5.49. The summed E-state index contributed by atoms with van der Waals surface area (Å²) in [6, 6.07) is 10.7. The highest BCUT2D eigenvalue weighted by molar-refractivity contribution is 6.32. The Balaban J connectivity index is 1.89. The largest absolute Gasteiger partial charge is 0.450 e. The minimum Gasteiger partial charge on any atom is -0.450 e. The first-order chi connectivity index (χ1) is 12.7. The number of fused-ring (bicyclic) bond motifs is 2. The monoisotopic (exact) mass is 381 g/mol. The summed E-state index contributed by atoms with van der Waals surface area (Å²) in [6.07, 6.45) is 0. The third-order valence-electron chi connectivity index (χ3n) is 5.09. The molecule has 1 aliphatic rings. The van der Waals surface area contributed by atoms with Crippen LogP contribution in [0.2, 0.25) is 5.02 Å². The van der Waals surface area contributed by atoms with Gasteiger partial charge in [0.05, 0.1) is 17.0 Å². The third kappa shape index (κ3) is 2.85. The number of hydrogen-bond donors (Lipinski definition) is 1. The summed E-state index contributed by atoms with van der Waals surface area (Å²) in [5, 5.41) is 3.76. The quantitative estimate of drug-likeness (QED) is 0.653. The maximum absolute atomic E-state index is 13.1. The van der Waals surface area contributed by atoms with Crippen LogP contribution in [-0.4, -0.2) is 5.91 Å². The van der Waals surface area contributed by atoms with Crippen LogP contribution in [0.1, 0.15) is 59.6 Å². The van der Waals surface area contributed by atoms with Gasteiger partial charge < -0.3 is 9.73 Å². The maximum atomic E-state index is 13.1. The molecule has 27 heavy (non-hydrogen) atoms. The zero-order chi connectivity index (χ0) is 19.5. The lowest BCUT2D eigenvalue weighted by Gasteiger charge is -2.20. The van der Waals surface area contributed by atoms with Crippen LogP contribution >= 0.6 is 11.6 Å². The Kier molecular flexibility index (Phi) is 3.93. The van der Waals surface area contributed by atoms with E-state index in [1.54, 1.807) is 12.1 Å². The highest BCUT2D eigenvalue weighted by Gasteiger charge is 2.36. The van der Waals surface area contributed by atoms with E-state index < -0.39 is 6.04 Å². The van der Waals surface area contributed by atoms with E-state index in [4.69, 9.17) is 16.0 Å². The summed E-state index contributed by atoms with van der Waals surface area (Å²) in [6.45, 7) is 8.25. The number of rotatable bonds is 1. The van der Waals surface area contributed by atoms with Gasteiger partial charge in [-0.25, -0.2) is 0 Å². The summed E-state index contributed by atoms with van der Waals surface area (Å²) in [5.41, 5.74) is 3.34. The molecule has 138 valence electrons. The Morgan fingerprint density at radius 1 is 1.07 bits per heavy atom. The lowest BCUT2D eigenvalue weighted by molar-refractivity contribution is 0.0938. The van der Waals surface area contributed by atoms with Gasteiger partial charge in [0.25, 0.3) is 5.91 Å². The van der Waals surface area contributed by atoms with Gasteiger partial charge in [-0.2, -0.15) is 0 Å². The average molecular weight is 382 g/mol. The first-order valence-electron chi connectivity index (χ1n) is 8.85. The second kappa shape index (κ2) is 5.96. The zero-order valence-corrected chi connectivity index (χ0v) is 16.4. The van der Waals surface area contributed by atoms with E-state index in [2.05, 4.69) is 26.1 Å². The molecule has 0 saturated carbocycles. The molecule has 4 nitrogen and oxygen atoms in total. The van der Waals surface area contributed by atoms with Gasteiger partial charge in [0, 0.05) is 5.02 Å². The zero-order valence-electron chi connectivity index (χ0n) is 15.6. The van der Waals surface area contributed by atoms with Gasteiger partial charge in [0.15, 0.2) is 5.43 Å².